The Labute approximate surface area is 128 Å². The molecule has 22 heavy (non-hydrogen) atoms. The second-order valence-electron chi connectivity index (χ2n) is 4.41. The monoisotopic (exact) mass is 300 g/mol. The fourth-order valence-electron chi connectivity index (χ4n) is 2.25. The molecule has 5 nitrogen and oxygen atoms in total. The van der Waals surface area contributed by atoms with Crippen molar-refractivity contribution in [3.8, 4) is 16.9 Å². The highest BCUT2D eigenvalue weighted by Crippen LogP contribution is 2.36. The van der Waals surface area contributed by atoms with Crippen LogP contribution in [0.2, 0.25) is 0 Å². The van der Waals surface area contributed by atoms with E-state index < -0.39 is 11.9 Å². The second kappa shape index (κ2) is 6.76. The number of methoxy groups -OCH3 is 3. The molecule has 0 aliphatic carbocycles. The van der Waals surface area contributed by atoms with Crippen LogP contribution in [-0.2, 0) is 9.47 Å². The van der Waals surface area contributed by atoms with E-state index in [2.05, 4.69) is 0 Å². The van der Waals surface area contributed by atoms with Gasteiger partial charge in [0.1, 0.15) is 5.75 Å². The molecule has 114 valence electrons. The first-order chi connectivity index (χ1) is 10.6. The summed E-state index contributed by atoms with van der Waals surface area (Å²) in [6.45, 7) is 0. The third kappa shape index (κ3) is 2.79. The van der Waals surface area contributed by atoms with E-state index in [0.29, 0.717) is 28.0 Å². The molecule has 0 bridgehead atoms. The highest BCUT2D eigenvalue weighted by Gasteiger charge is 2.22. The van der Waals surface area contributed by atoms with Crippen LogP contribution in [0.3, 0.4) is 0 Å². The number of carbonyl (C=O) groups excluding carboxylic acids is 2. The van der Waals surface area contributed by atoms with E-state index in [1.54, 1.807) is 42.5 Å². The molecule has 5 heteroatoms. The molecule has 0 atom stereocenters. The summed E-state index contributed by atoms with van der Waals surface area (Å²) in [5.74, 6) is -0.523. The average molecular weight is 300 g/mol. The highest BCUT2D eigenvalue weighted by atomic mass is 16.5. The Morgan fingerprint density at radius 3 is 2.00 bits per heavy atom. The molecule has 0 N–H and O–H groups in total. The molecule has 2 aromatic rings. The number of rotatable bonds is 4. The van der Waals surface area contributed by atoms with Crippen molar-refractivity contribution in [3.05, 3.63) is 53.6 Å². The molecule has 0 aliphatic heterocycles. The summed E-state index contributed by atoms with van der Waals surface area (Å²) in [6, 6.07) is 11.9. The smallest absolute Gasteiger partial charge is 0.338 e. The minimum atomic E-state index is -0.506. The first-order valence-electron chi connectivity index (χ1n) is 6.57. The van der Waals surface area contributed by atoms with Crippen molar-refractivity contribution in [2.24, 2.45) is 0 Å². The van der Waals surface area contributed by atoms with E-state index in [9.17, 15) is 9.59 Å². The normalized spacial score (nSPS) is 9.95. The van der Waals surface area contributed by atoms with Gasteiger partial charge in [-0.3, -0.25) is 0 Å². The van der Waals surface area contributed by atoms with Crippen molar-refractivity contribution in [1.29, 1.82) is 0 Å². The van der Waals surface area contributed by atoms with Gasteiger partial charge in [-0.1, -0.05) is 24.3 Å². The standard InChI is InChI=1S/C17H16O5/c1-20-14-10-6-9-13(17(19)22-3)15(14)11-7-4-5-8-12(11)16(18)21-2/h4-10H,1-3H3. The van der Waals surface area contributed by atoms with Gasteiger partial charge in [0.2, 0.25) is 0 Å². The average Bonchev–Trinajstić information content (AvgIpc) is 2.59. The van der Waals surface area contributed by atoms with Crippen molar-refractivity contribution in [2.75, 3.05) is 21.3 Å². The molecular weight excluding hydrogens is 284 g/mol. The Bertz CT molecular complexity index is 706. The van der Waals surface area contributed by atoms with Crippen molar-refractivity contribution in [3.63, 3.8) is 0 Å². The zero-order valence-corrected chi connectivity index (χ0v) is 12.6. The molecule has 0 aromatic heterocycles. The van der Waals surface area contributed by atoms with E-state index in [1.165, 1.54) is 21.3 Å². The maximum Gasteiger partial charge on any atom is 0.338 e. The molecule has 0 amide bonds. The van der Waals surface area contributed by atoms with Crippen LogP contribution in [0.25, 0.3) is 11.1 Å². The number of hydrogen-bond donors (Lipinski definition) is 0. The van der Waals surface area contributed by atoms with E-state index in [1.807, 2.05) is 0 Å². The van der Waals surface area contributed by atoms with Crippen LogP contribution in [0, 0.1) is 0 Å². The van der Waals surface area contributed by atoms with Gasteiger partial charge in [0, 0.05) is 11.1 Å². The molecule has 0 spiro atoms. The summed E-state index contributed by atoms with van der Waals surface area (Å²) < 4.78 is 15.0. The van der Waals surface area contributed by atoms with Crippen molar-refractivity contribution in [2.45, 2.75) is 0 Å². The molecule has 0 saturated heterocycles. The third-order valence-electron chi connectivity index (χ3n) is 3.25. The van der Waals surface area contributed by atoms with E-state index in [-0.39, 0.29) is 0 Å². The lowest BCUT2D eigenvalue weighted by Gasteiger charge is -2.15. The van der Waals surface area contributed by atoms with Gasteiger partial charge in [0.05, 0.1) is 32.5 Å². The van der Waals surface area contributed by atoms with Gasteiger partial charge in [-0.15, -0.1) is 0 Å². The van der Waals surface area contributed by atoms with Gasteiger partial charge in [-0.2, -0.15) is 0 Å². The van der Waals surface area contributed by atoms with Crippen LogP contribution in [0.5, 0.6) is 5.75 Å². The number of esters is 2. The first-order valence-corrected chi connectivity index (χ1v) is 6.57. The maximum atomic E-state index is 12.0. The minimum absolute atomic E-state index is 0.318. The Hall–Kier alpha value is -2.82. The molecule has 0 aliphatic rings. The Balaban J connectivity index is 2.77. The lowest BCUT2D eigenvalue weighted by molar-refractivity contribution is 0.0590. The van der Waals surface area contributed by atoms with Crippen LogP contribution in [0.15, 0.2) is 42.5 Å². The van der Waals surface area contributed by atoms with Crippen LogP contribution in [0.4, 0.5) is 0 Å². The number of carbonyl (C=O) groups is 2. The molecule has 0 unspecified atom stereocenters. The summed E-state index contributed by atoms with van der Waals surface area (Å²) in [6.07, 6.45) is 0. The van der Waals surface area contributed by atoms with Crippen molar-refractivity contribution < 1.29 is 23.8 Å². The SMILES string of the molecule is COC(=O)c1ccccc1-c1c(OC)cccc1C(=O)OC. The van der Waals surface area contributed by atoms with Crippen LogP contribution in [0.1, 0.15) is 20.7 Å². The van der Waals surface area contributed by atoms with Crippen LogP contribution in [-0.4, -0.2) is 33.3 Å². The zero-order valence-electron chi connectivity index (χ0n) is 12.6. The van der Waals surface area contributed by atoms with Crippen molar-refractivity contribution in [1.82, 2.24) is 0 Å². The largest absolute Gasteiger partial charge is 0.496 e. The van der Waals surface area contributed by atoms with Gasteiger partial charge >= 0.3 is 11.9 Å². The summed E-state index contributed by atoms with van der Waals surface area (Å²) in [7, 11) is 4.11. The summed E-state index contributed by atoms with van der Waals surface area (Å²) >= 11 is 0. The molecule has 2 aromatic carbocycles. The molecule has 0 radical (unpaired) electrons. The van der Waals surface area contributed by atoms with Gasteiger partial charge < -0.3 is 14.2 Å². The first kappa shape index (κ1) is 15.6. The van der Waals surface area contributed by atoms with Gasteiger partial charge in [-0.25, -0.2) is 9.59 Å². The molecular formula is C17H16O5. The van der Waals surface area contributed by atoms with Crippen LogP contribution < -0.4 is 4.74 Å². The quantitative estimate of drug-likeness (QED) is 0.812. The molecule has 0 fully saturated rings. The molecule has 0 heterocycles. The number of ether oxygens (including phenoxy) is 3. The van der Waals surface area contributed by atoms with Gasteiger partial charge in [-0.05, 0) is 18.2 Å². The van der Waals surface area contributed by atoms with Crippen molar-refractivity contribution >= 4 is 11.9 Å². The Kier molecular flexibility index (Phi) is 4.78. The lowest BCUT2D eigenvalue weighted by Crippen LogP contribution is -2.08. The number of hydrogen-bond acceptors (Lipinski definition) is 5. The van der Waals surface area contributed by atoms with Crippen LogP contribution >= 0.6 is 0 Å². The predicted octanol–water partition coefficient (Wildman–Crippen LogP) is 2.94. The van der Waals surface area contributed by atoms with E-state index in [4.69, 9.17) is 14.2 Å². The van der Waals surface area contributed by atoms with Gasteiger partial charge in [0.25, 0.3) is 0 Å². The highest BCUT2D eigenvalue weighted by molar-refractivity contribution is 6.04. The summed E-state index contributed by atoms with van der Waals surface area (Å²) in [4.78, 5) is 24.0. The summed E-state index contributed by atoms with van der Waals surface area (Å²) in [5.41, 5.74) is 1.71. The second-order valence-corrected chi connectivity index (χ2v) is 4.41. The van der Waals surface area contributed by atoms with E-state index >= 15 is 0 Å². The molecule has 2 rings (SSSR count). The molecule has 0 saturated carbocycles. The maximum absolute atomic E-state index is 12.0. The number of benzene rings is 2. The van der Waals surface area contributed by atoms with E-state index in [0.717, 1.165) is 0 Å². The predicted molar refractivity (Wildman–Crippen MR) is 81.1 cm³/mol. The Morgan fingerprint density at radius 1 is 0.773 bits per heavy atom. The fourth-order valence-corrected chi connectivity index (χ4v) is 2.25. The Morgan fingerprint density at radius 2 is 1.36 bits per heavy atom. The minimum Gasteiger partial charge on any atom is -0.496 e. The zero-order chi connectivity index (χ0) is 16.1. The van der Waals surface area contributed by atoms with Gasteiger partial charge in [0.15, 0.2) is 0 Å². The topological polar surface area (TPSA) is 61.8 Å². The lowest BCUT2D eigenvalue weighted by atomic mass is 9.94. The summed E-state index contributed by atoms with van der Waals surface area (Å²) in [5, 5.41) is 0. The fraction of sp³-hybridized carbons (Fsp3) is 0.176. The third-order valence-corrected chi connectivity index (χ3v) is 3.25.